The van der Waals surface area contributed by atoms with Crippen LogP contribution in [0.1, 0.15) is 11.1 Å². The highest BCUT2D eigenvalue weighted by atomic mass is 35.5. The van der Waals surface area contributed by atoms with Gasteiger partial charge < -0.3 is 9.88 Å². The van der Waals surface area contributed by atoms with E-state index in [0.29, 0.717) is 5.88 Å². The van der Waals surface area contributed by atoms with Gasteiger partial charge in [0, 0.05) is 31.9 Å². The third kappa shape index (κ3) is 2.55. The van der Waals surface area contributed by atoms with Gasteiger partial charge in [-0.15, -0.1) is 11.6 Å². The van der Waals surface area contributed by atoms with Gasteiger partial charge in [-0.2, -0.15) is 0 Å². The summed E-state index contributed by atoms with van der Waals surface area (Å²) in [6.07, 6.45) is 3.69. The van der Waals surface area contributed by atoms with Crippen molar-refractivity contribution >= 4 is 17.5 Å². The van der Waals surface area contributed by atoms with E-state index in [2.05, 4.69) is 22.4 Å². The van der Waals surface area contributed by atoms with Crippen molar-refractivity contribution in [2.24, 2.45) is 7.05 Å². The van der Waals surface area contributed by atoms with Crippen LogP contribution in [0, 0.1) is 0 Å². The molecule has 0 bridgehead atoms. The van der Waals surface area contributed by atoms with Crippen LogP contribution < -0.4 is 5.32 Å². The number of rotatable bonds is 4. The molecule has 0 atom stereocenters. The molecule has 0 spiro atoms. The number of benzene rings is 1. The molecule has 2 rings (SSSR count). The molecule has 16 heavy (non-hydrogen) atoms. The van der Waals surface area contributed by atoms with Crippen LogP contribution in [0.3, 0.4) is 0 Å². The Morgan fingerprint density at radius 1 is 1.38 bits per heavy atom. The monoisotopic (exact) mass is 235 g/mol. The van der Waals surface area contributed by atoms with Crippen molar-refractivity contribution in [3.63, 3.8) is 0 Å². The lowest BCUT2D eigenvalue weighted by Crippen LogP contribution is -2.04. The largest absolute Gasteiger partial charge is 0.352 e. The Hall–Kier alpha value is -1.48. The fourth-order valence-electron chi connectivity index (χ4n) is 1.54. The molecule has 0 aliphatic rings. The average molecular weight is 236 g/mol. The van der Waals surface area contributed by atoms with Gasteiger partial charge in [-0.25, -0.2) is 4.98 Å². The molecule has 3 nitrogen and oxygen atoms in total. The molecule has 1 heterocycles. The summed E-state index contributed by atoms with van der Waals surface area (Å²) in [5.74, 6) is 1.42. The van der Waals surface area contributed by atoms with Crippen molar-refractivity contribution in [2.45, 2.75) is 12.4 Å². The van der Waals surface area contributed by atoms with Crippen molar-refractivity contribution in [3.05, 3.63) is 47.8 Å². The van der Waals surface area contributed by atoms with E-state index in [1.165, 1.54) is 5.56 Å². The van der Waals surface area contributed by atoms with Crippen molar-refractivity contribution in [1.29, 1.82) is 0 Å². The van der Waals surface area contributed by atoms with Crippen LogP contribution in [-0.2, 0) is 19.5 Å². The molecule has 1 aromatic heterocycles. The van der Waals surface area contributed by atoms with Crippen molar-refractivity contribution in [2.75, 3.05) is 5.32 Å². The topological polar surface area (TPSA) is 29.9 Å². The van der Waals surface area contributed by atoms with E-state index >= 15 is 0 Å². The maximum Gasteiger partial charge on any atom is 0.202 e. The number of nitrogens with one attached hydrogen (secondary N) is 1. The van der Waals surface area contributed by atoms with Crippen molar-refractivity contribution in [3.8, 4) is 0 Å². The van der Waals surface area contributed by atoms with E-state index in [9.17, 15) is 0 Å². The van der Waals surface area contributed by atoms with Gasteiger partial charge in [0.1, 0.15) is 0 Å². The number of imidazole rings is 1. The zero-order valence-corrected chi connectivity index (χ0v) is 9.91. The van der Waals surface area contributed by atoms with Gasteiger partial charge in [0.15, 0.2) is 0 Å². The molecule has 0 amide bonds. The zero-order valence-electron chi connectivity index (χ0n) is 9.15. The van der Waals surface area contributed by atoms with Crippen LogP contribution in [0.2, 0.25) is 0 Å². The maximum absolute atomic E-state index is 5.79. The van der Waals surface area contributed by atoms with Gasteiger partial charge >= 0.3 is 0 Å². The second kappa shape index (κ2) is 5.03. The molecule has 2 aromatic rings. The number of aromatic nitrogens is 2. The summed E-state index contributed by atoms with van der Waals surface area (Å²) >= 11 is 5.79. The zero-order chi connectivity index (χ0) is 11.4. The summed E-state index contributed by atoms with van der Waals surface area (Å²) in [6.45, 7) is 0.760. The first kappa shape index (κ1) is 11.0. The number of anilines is 1. The van der Waals surface area contributed by atoms with Gasteiger partial charge in [-0.3, -0.25) is 0 Å². The fourth-order valence-corrected chi connectivity index (χ4v) is 1.71. The smallest absolute Gasteiger partial charge is 0.202 e. The van der Waals surface area contributed by atoms with Crippen LogP contribution in [0.4, 0.5) is 5.95 Å². The number of aryl methyl sites for hydroxylation is 1. The van der Waals surface area contributed by atoms with Crippen LogP contribution in [0.5, 0.6) is 0 Å². The lowest BCUT2D eigenvalue weighted by molar-refractivity contribution is 0.900. The second-order valence-electron chi connectivity index (χ2n) is 3.67. The van der Waals surface area contributed by atoms with Gasteiger partial charge in [0.05, 0.1) is 0 Å². The Labute approximate surface area is 100 Å². The predicted molar refractivity (Wildman–Crippen MR) is 66.5 cm³/mol. The van der Waals surface area contributed by atoms with Crippen LogP contribution in [0.15, 0.2) is 36.7 Å². The van der Waals surface area contributed by atoms with E-state index < -0.39 is 0 Å². The Morgan fingerprint density at radius 3 is 2.88 bits per heavy atom. The molecule has 0 radical (unpaired) electrons. The summed E-state index contributed by atoms with van der Waals surface area (Å²) < 4.78 is 1.95. The fraction of sp³-hybridized carbons (Fsp3) is 0.250. The summed E-state index contributed by atoms with van der Waals surface area (Å²) in [6, 6.07) is 8.22. The predicted octanol–water partition coefficient (Wildman–Crippen LogP) is 2.77. The molecule has 0 aliphatic heterocycles. The lowest BCUT2D eigenvalue weighted by Gasteiger charge is -2.06. The molecule has 1 N–H and O–H groups in total. The average Bonchev–Trinajstić information content (AvgIpc) is 2.72. The maximum atomic E-state index is 5.79. The van der Waals surface area contributed by atoms with Crippen molar-refractivity contribution in [1.82, 2.24) is 9.55 Å². The Morgan fingerprint density at radius 2 is 2.19 bits per heavy atom. The molecular weight excluding hydrogens is 222 g/mol. The molecule has 0 aliphatic carbocycles. The minimum atomic E-state index is 0.552. The summed E-state index contributed by atoms with van der Waals surface area (Å²) in [5.41, 5.74) is 2.35. The molecule has 0 saturated heterocycles. The Kier molecular flexibility index (Phi) is 3.47. The van der Waals surface area contributed by atoms with Gasteiger partial charge in [0.25, 0.3) is 0 Å². The first-order valence-electron chi connectivity index (χ1n) is 5.14. The van der Waals surface area contributed by atoms with E-state index in [4.69, 9.17) is 11.6 Å². The van der Waals surface area contributed by atoms with Crippen LogP contribution >= 0.6 is 11.6 Å². The van der Waals surface area contributed by atoms with Gasteiger partial charge in [-0.05, 0) is 11.1 Å². The van der Waals surface area contributed by atoms with E-state index in [1.807, 2.05) is 29.9 Å². The van der Waals surface area contributed by atoms with Crippen LogP contribution in [-0.4, -0.2) is 9.55 Å². The highest BCUT2D eigenvalue weighted by molar-refractivity contribution is 6.17. The third-order valence-electron chi connectivity index (χ3n) is 2.42. The normalized spacial score (nSPS) is 10.4. The Bertz CT molecular complexity index is 465. The number of nitrogens with zero attached hydrogens (tertiary/aromatic N) is 2. The van der Waals surface area contributed by atoms with Gasteiger partial charge in [0.2, 0.25) is 5.95 Å². The van der Waals surface area contributed by atoms with Gasteiger partial charge in [-0.1, -0.05) is 24.3 Å². The first-order chi connectivity index (χ1) is 7.79. The Balaban J connectivity index is 2.02. The van der Waals surface area contributed by atoms with E-state index in [1.54, 1.807) is 6.20 Å². The standard InChI is InChI=1S/C12H14ClN3/c1-16-6-5-14-12(16)15-9-11-4-2-3-10(7-11)8-13/h2-7H,8-9H2,1H3,(H,14,15). The molecule has 0 saturated carbocycles. The van der Waals surface area contributed by atoms with E-state index in [-0.39, 0.29) is 0 Å². The highest BCUT2D eigenvalue weighted by Crippen LogP contribution is 2.10. The van der Waals surface area contributed by atoms with Crippen molar-refractivity contribution < 1.29 is 0 Å². The molecule has 1 aromatic carbocycles. The number of hydrogen-bond donors (Lipinski definition) is 1. The third-order valence-corrected chi connectivity index (χ3v) is 2.73. The van der Waals surface area contributed by atoms with E-state index in [0.717, 1.165) is 18.1 Å². The first-order valence-corrected chi connectivity index (χ1v) is 5.68. The minimum Gasteiger partial charge on any atom is -0.352 e. The molecular formula is C12H14ClN3. The highest BCUT2D eigenvalue weighted by Gasteiger charge is 1.99. The summed E-state index contributed by atoms with van der Waals surface area (Å²) in [7, 11) is 1.96. The minimum absolute atomic E-state index is 0.552. The molecule has 4 heteroatoms. The number of alkyl halides is 1. The lowest BCUT2D eigenvalue weighted by atomic mass is 10.1. The summed E-state index contributed by atoms with van der Waals surface area (Å²) in [5, 5.41) is 3.27. The summed E-state index contributed by atoms with van der Waals surface area (Å²) in [4.78, 5) is 4.20. The number of hydrogen-bond acceptors (Lipinski definition) is 2. The quantitative estimate of drug-likeness (QED) is 0.826. The molecule has 0 unspecified atom stereocenters. The molecule has 84 valence electrons. The van der Waals surface area contributed by atoms with Crippen LogP contribution in [0.25, 0.3) is 0 Å². The number of halogens is 1. The second-order valence-corrected chi connectivity index (χ2v) is 3.94. The molecule has 0 fully saturated rings. The SMILES string of the molecule is Cn1ccnc1NCc1cccc(CCl)c1.